The molecule has 4 nitrogen and oxygen atoms in total. The zero-order chi connectivity index (χ0) is 15.2. The van der Waals surface area contributed by atoms with E-state index in [1.807, 2.05) is 6.07 Å². The number of nitrogens with one attached hydrogen (secondary N) is 1. The van der Waals surface area contributed by atoms with Crippen molar-refractivity contribution in [2.24, 2.45) is 0 Å². The van der Waals surface area contributed by atoms with E-state index in [0.717, 1.165) is 37.5 Å². The second-order valence-corrected chi connectivity index (χ2v) is 5.82. The summed E-state index contributed by atoms with van der Waals surface area (Å²) in [6.45, 7) is 8.29. The van der Waals surface area contributed by atoms with Crippen LogP contribution in [0.5, 0.6) is 5.75 Å². The van der Waals surface area contributed by atoms with E-state index in [2.05, 4.69) is 42.3 Å². The van der Waals surface area contributed by atoms with Crippen molar-refractivity contribution in [3.63, 3.8) is 0 Å². The molecule has 0 bridgehead atoms. The van der Waals surface area contributed by atoms with Crippen LogP contribution < -0.4 is 10.1 Å². The van der Waals surface area contributed by atoms with E-state index in [1.165, 1.54) is 5.56 Å². The first kappa shape index (κ1) is 22.0. The van der Waals surface area contributed by atoms with Gasteiger partial charge in [-0.3, -0.25) is 4.90 Å². The summed E-state index contributed by atoms with van der Waals surface area (Å²) in [7, 11) is 1.70. The summed E-state index contributed by atoms with van der Waals surface area (Å²) in [5, 5.41) is 12.6. The highest BCUT2D eigenvalue weighted by Gasteiger charge is 2.25. The molecule has 0 amide bonds. The average molecular weight is 360 g/mol. The first-order valence-corrected chi connectivity index (χ1v) is 7.67. The third kappa shape index (κ3) is 5.54. The summed E-state index contributed by atoms with van der Waals surface area (Å²) in [5.41, 5.74) is 2.44. The molecular formula is C17H27Cl2N3O. The molecule has 1 heterocycles. The number of piperazine rings is 1. The molecule has 1 fully saturated rings. The monoisotopic (exact) mass is 359 g/mol. The molecule has 1 atom stereocenters. The van der Waals surface area contributed by atoms with Gasteiger partial charge in [0.2, 0.25) is 0 Å². The fourth-order valence-corrected chi connectivity index (χ4v) is 2.89. The molecule has 130 valence electrons. The molecule has 0 spiro atoms. The first-order chi connectivity index (χ1) is 10.2. The predicted octanol–water partition coefficient (Wildman–Crippen LogP) is 3.52. The minimum atomic E-state index is 0. The maximum Gasteiger partial charge on any atom is 0.123 e. The van der Waals surface area contributed by atoms with Gasteiger partial charge >= 0.3 is 0 Å². The van der Waals surface area contributed by atoms with Crippen LogP contribution in [0.2, 0.25) is 0 Å². The minimum Gasteiger partial charge on any atom is -0.496 e. The molecule has 0 aromatic heterocycles. The zero-order valence-corrected chi connectivity index (χ0v) is 15.7. The van der Waals surface area contributed by atoms with Gasteiger partial charge < -0.3 is 10.1 Å². The van der Waals surface area contributed by atoms with Crippen molar-refractivity contribution in [2.45, 2.75) is 32.2 Å². The van der Waals surface area contributed by atoms with Crippen LogP contribution in [0.4, 0.5) is 0 Å². The quantitative estimate of drug-likeness (QED) is 0.873. The van der Waals surface area contributed by atoms with Crippen molar-refractivity contribution in [2.75, 3.05) is 33.3 Å². The van der Waals surface area contributed by atoms with Crippen molar-refractivity contribution in [1.29, 1.82) is 5.26 Å². The molecule has 1 aliphatic rings. The summed E-state index contributed by atoms with van der Waals surface area (Å²) in [6.07, 6.45) is 0.498. The topological polar surface area (TPSA) is 48.3 Å². The van der Waals surface area contributed by atoms with E-state index in [0.29, 0.717) is 12.3 Å². The third-order valence-corrected chi connectivity index (χ3v) is 4.16. The van der Waals surface area contributed by atoms with E-state index in [4.69, 9.17) is 4.74 Å². The van der Waals surface area contributed by atoms with Crippen LogP contribution in [-0.2, 0) is 0 Å². The van der Waals surface area contributed by atoms with Crippen LogP contribution in [0.1, 0.15) is 43.4 Å². The van der Waals surface area contributed by atoms with Gasteiger partial charge in [0.1, 0.15) is 5.75 Å². The summed E-state index contributed by atoms with van der Waals surface area (Å²) in [4.78, 5) is 2.39. The van der Waals surface area contributed by atoms with E-state index in [-0.39, 0.29) is 30.9 Å². The molecule has 1 N–H and O–H groups in total. The van der Waals surface area contributed by atoms with Crippen molar-refractivity contribution < 1.29 is 4.74 Å². The second-order valence-electron chi connectivity index (χ2n) is 5.82. The van der Waals surface area contributed by atoms with E-state index < -0.39 is 0 Å². The molecule has 1 saturated heterocycles. The van der Waals surface area contributed by atoms with Crippen molar-refractivity contribution in [1.82, 2.24) is 10.2 Å². The predicted molar refractivity (Wildman–Crippen MR) is 99.0 cm³/mol. The molecule has 23 heavy (non-hydrogen) atoms. The fourth-order valence-electron chi connectivity index (χ4n) is 2.89. The van der Waals surface area contributed by atoms with Gasteiger partial charge in [0, 0.05) is 31.7 Å². The van der Waals surface area contributed by atoms with Crippen molar-refractivity contribution in [3.8, 4) is 11.8 Å². The average Bonchev–Trinajstić information content (AvgIpc) is 2.52. The molecule has 2 rings (SSSR count). The number of benzene rings is 1. The number of methoxy groups -OCH3 is 1. The van der Waals surface area contributed by atoms with Crippen LogP contribution in [0.25, 0.3) is 0 Å². The van der Waals surface area contributed by atoms with Gasteiger partial charge in [-0.2, -0.15) is 5.26 Å². The summed E-state index contributed by atoms with van der Waals surface area (Å²) in [5.74, 6) is 1.36. The molecule has 1 aliphatic heterocycles. The molecule has 0 aliphatic carbocycles. The van der Waals surface area contributed by atoms with Crippen molar-refractivity contribution >= 4 is 24.8 Å². The van der Waals surface area contributed by atoms with Gasteiger partial charge in [-0.15, -0.1) is 24.8 Å². The minimum absolute atomic E-state index is 0. The Morgan fingerprint density at radius 3 is 2.43 bits per heavy atom. The Morgan fingerprint density at radius 2 is 1.91 bits per heavy atom. The first-order valence-electron chi connectivity index (χ1n) is 7.67. The summed E-state index contributed by atoms with van der Waals surface area (Å²) >= 11 is 0. The standard InChI is InChI=1S/C17H25N3O.2ClH/c1-13(2)14-4-5-17(21-3)15(12-14)16(6-7-18)20-10-8-19-9-11-20;;/h4-5,12-13,16,19H,6,8-11H2,1-3H3;2*1H/t16-;;/m1../s1. The van der Waals surface area contributed by atoms with Crippen LogP contribution >= 0.6 is 24.8 Å². The largest absolute Gasteiger partial charge is 0.496 e. The Bertz CT molecular complexity index is 511. The van der Waals surface area contributed by atoms with Crippen LogP contribution in [0, 0.1) is 11.3 Å². The van der Waals surface area contributed by atoms with Gasteiger partial charge in [0.05, 0.1) is 25.6 Å². The SMILES string of the molecule is COc1ccc(C(C)C)cc1[C@@H](CC#N)N1CCNCC1.Cl.Cl. The Kier molecular flexibility index (Phi) is 10.3. The highest BCUT2D eigenvalue weighted by atomic mass is 35.5. The number of nitriles is 1. The molecular weight excluding hydrogens is 333 g/mol. The number of hydrogen-bond donors (Lipinski definition) is 1. The highest BCUT2D eigenvalue weighted by molar-refractivity contribution is 5.85. The van der Waals surface area contributed by atoms with Crippen LogP contribution in [-0.4, -0.2) is 38.2 Å². The van der Waals surface area contributed by atoms with Crippen LogP contribution in [0.3, 0.4) is 0 Å². The summed E-state index contributed by atoms with van der Waals surface area (Å²) < 4.78 is 5.55. The zero-order valence-electron chi connectivity index (χ0n) is 14.0. The van der Waals surface area contributed by atoms with E-state index >= 15 is 0 Å². The Morgan fingerprint density at radius 1 is 1.26 bits per heavy atom. The normalized spacial score (nSPS) is 16.0. The summed E-state index contributed by atoms with van der Waals surface area (Å²) in [6, 6.07) is 8.84. The molecule has 0 unspecified atom stereocenters. The lowest BCUT2D eigenvalue weighted by molar-refractivity contribution is 0.172. The number of ether oxygens (including phenoxy) is 1. The Labute approximate surface area is 152 Å². The third-order valence-electron chi connectivity index (χ3n) is 4.16. The lowest BCUT2D eigenvalue weighted by atomic mass is 9.94. The molecule has 6 heteroatoms. The lowest BCUT2D eigenvalue weighted by Crippen LogP contribution is -2.45. The lowest BCUT2D eigenvalue weighted by Gasteiger charge is -2.35. The number of rotatable bonds is 5. The molecule has 1 aromatic carbocycles. The van der Waals surface area contributed by atoms with Crippen molar-refractivity contribution in [3.05, 3.63) is 29.3 Å². The van der Waals surface area contributed by atoms with Crippen LogP contribution in [0.15, 0.2) is 18.2 Å². The maximum atomic E-state index is 9.24. The number of halogens is 2. The van der Waals surface area contributed by atoms with E-state index in [1.54, 1.807) is 7.11 Å². The Hall–Kier alpha value is -0.990. The van der Waals surface area contributed by atoms with Gasteiger partial charge in [0.25, 0.3) is 0 Å². The maximum absolute atomic E-state index is 9.24. The van der Waals surface area contributed by atoms with Gasteiger partial charge in [0.15, 0.2) is 0 Å². The van der Waals surface area contributed by atoms with Gasteiger partial charge in [-0.1, -0.05) is 26.0 Å². The van der Waals surface area contributed by atoms with Gasteiger partial charge in [-0.05, 0) is 17.5 Å². The Balaban J connectivity index is 0.00000242. The smallest absolute Gasteiger partial charge is 0.123 e. The molecule has 1 aromatic rings. The van der Waals surface area contributed by atoms with Gasteiger partial charge in [-0.25, -0.2) is 0 Å². The molecule has 0 saturated carbocycles. The highest BCUT2D eigenvalue weighted by Crippen LogP contribution is 2.34. The second kappa shape index (κ2) is 10.7. The fraction of sp³-hybridized carbons (Fsp3) is 0.588. The molecule has 0 radical (unpaired) electrons. The number of nitrogens with zero attached hydrogens (tertiary/aromatic N) is 2. The van der Waals surface area contributed by atoms with E-state index in [9.17, 15) is 5.26 Å². The number of hydrogen-bond acceptors (Lipinski definition) is 4.